The second-order valence-electron chi connectivity index (χ2n) is 5.92. The summed E-state index contributed by atoms with van der Waals surface area (Å²) in [6.45, 7) is 4.22. The van der Waals surface area contributed by atoms with Gasteiger partial charge in [0.15, 0.2) is 6.61 Å². The van der Waals surface area contributed by atoms with Gasteiger partial charge in [0.2, 0.25) is 5.91 Å². The predicted octanol–water partition coefficient (Wildman–Crippen LogP) is 4.60. The summed E-state index contributed by atoms with van der Waals surface area (Å²) in [6, 6.07) is 13.6. The molecule has 8 heteroatoms. The van der Waals surface area contributed by atoms with Gasteiger partial charge in [0.1, 0.15) is 5.75 Å². The summed E-state index contributed by atoms with van der Waals surface area (Å²) in [7, 11) is 0. The van der Waals surface area contributed by atoms with Crippen LogP contribution in [0.15, 0.2) is 52.1 Å². The van der Waals surface area contributed by atoms with E-state index < -0.39 is 0 Å². The standard InChI is InChI=1S/C19H18IN3O3S/c1-12-7-13(2)9-16(8-12)25-10-18-22-23-19(26-18)27-11-17(24)21-15-5-3-14(20)4-6-15/h3-9H,10-11H2,1-2H3,(H,21,24). The van der Waals surface area contributed by atoms with Gasteiger partial charge in [-0.15, -0.1) is 10.2 Å². The Hall–Kier alpha value is -2.07. The van der Waals surface area contributed by atoms with Crippen molar-refractivity contribution in [1.82, 2.24) is 10.2 Å². The molecule has 0 unspecified atom stereocenters. The monoisotopic (exact) mass is 495 g/mol. The Morgan fingerprint density at radius 1 is 1.15 bits per heavy atom. The molecule has 0 radical (unpaired) electrons. The molecule has 0 aliphatic carbocycles. The highest BCUT2D eigenvalue weighted by molar-refractivity contribution is 14.1. The minimum atomic E-state index is -0.132. The molecule has 1 N–H and O–H groups in total. The number of hydrogen-bond donors (Lipinski definition) is 1. The maximum Gasteiger partial charge on any atom is 0.277 e. The maximum absolute atomic E-state index is 12.0. The van der Waals surface area contributed by atoms with Gasteiger partial charge in [0.25, 0.3) is 11.1 Å². The van der Waals surface area contributed by atoms with Crippen LogP contribution in [-0.4, -0.2) is 21.9 Å². The van der Waals surface area contributed by atoms with Gasteiger partial charge in [-0.25, -0.2) is 0 Å². The molecular formula is C19H18IN3O3S. The molecule has 0 saturated heterocycles. The number of ether oxygens (including phenoxy) is 1. The van der Waals surface area contributed by atoms with Crippen molar-refractivity contribution in [3.63, 3.8) is 0 Å². The molecule has 1 amide bonds. The first-order chi connectivity index (χ1) is 13.0. The van der Waals surface area contributed by atoms with Crippen molar-refractivity contribution < 1.29 is 13.9 Å². The maximum atomic E-state index is 12.0. The lowest BCUT2D eigenvalue weighted by Crippen LogP contribution is -2.13. The summed E-state index contributed by atoms with van der Waals surface area (Å²) in [5.41, 5.74) is 3.02. The zero-order valence-electron chi connectivity index (χ0n) is 14.9. The van der Waals surface area contributed by atoms with E-state index in [1.807, 2.05) is 50.2 Å². The summed E-state index contributed by atoms with van der Waals surface area (Å²) >= 11 is 3.40. The van der Waals surface area contributed by atoms with Gasteiger partial charge in [0, 0.05) is 9.26 Å². The van der Waals surface area contributed by atoms with E-state index in [-0.39, 0.29) is 18.3 Å². The number of hydrogen-bond acceptors (Lipinski definition) is 6. The SMILES string of the molecule is Cc1cc(C)cc(OCc2nnc(SCC(=O)Nc3ccc(I)cc3)o2)c1. The molecule has 27 heavy (non-hydrogen) atoms. The highest BCUT2D eigenvalue weighted by Crippen LogP contribution is 2.20. The number of anilines is 1. The zero-order valence-corrected chi connectivity index (χ0v) is 17.8. The quantitative estimate of drug-likeness (QED) is 0.382. The third kappa shape index (κ3) is 6.24. The van der Waals surface area contributed by atoms with Crippen LogP contribution in [0.5, 0.6) is 5.75 Å². The number of aromatic nitrogens is 2. The fraction of sp³-hybridized carbons (Fsp3) is 0.211. The minimum absolute atomic E-state index is 0.132. The molecule has 0 atom stereocenters. The van der Waals surface area contributed by atoms with Crippen molar-refractivity contribution in [3.8, 4) is 5.75 Å². The van der Waals surface area contributed by atoms with Crippen LogP contribution in [-0.2, 0) is 11.4 Å². The van der Waals surface area contributed by atoms with E-state index in [0.29, 0.717) is 11.1 Å². The van der Waals surface area contributed by atoms with Gasteiger partial charge in [-0.3, -0.25) is 4.79 Å². The Kier molecular flexibility index (Phi) is 6.73. The molecule has 3 rings (SSSR count). The lowest BCUT2D eigenvalue weighted by atomic mass is 10.1. The third-order valence-corrected chi connectivity index (χ3v) is 5.00. The number of benzene rings is 2. The Labute approximate surface area is 175 Å². The second-order valence-corrected chi connectivity index (χ2v) is 8.09. The lowest BCUT2D eigenvalue weighted by Gasteiger charge is -2.05. The second kappa shape index (κ2) is 9.23. The summed E-state index contributed by atoms with van der Waals surface area (Å²) in [5.74, 6) is 1.19. The number of amides is 1. The van der Waals surface area contributed by atoms with Crippen molar-refractivity contribution in [2.75, 3.05) is 11.1 Å². The van der Waals surface area contributed by atoms with Crippen molar-refractivity contribution in [2.45, 2.75) is 25.7 Å². The van der Waals surface area contributed by atoms with Gasteiger partial charge in [-0.2, -0.15) is 0 Å². The van der Waals surface area contributed by atoms with Gasteiger partial charge in [-0.1, -0.05) is 17.8 Å². The Bertz CT molecular complexity index is 908. The van der Waals surface area contributed by atoms with E-state index >= 15 is 0 Å². The number of carbonyl (C=O) groups excluding carboxylic acids is 1. The molecule has 1 heterocycles. The predicted molar refractivity (Wildman–Crippen MR) is 113 cm³/mol. The van der Waals surface area contributed by atoms with E-state index in [1.54, 1.807) is 0 Å². The van der Waals surface area contributed by atoms with Crippen LogP contribution >= 0.6 is 34.4 Å². The van der Waals surface area contributed by atoms with E-state index in [9.17, 15) is 4.79 Å². The number of rotatable bonds is 7. The summed E-state index contributed by atoms with van der Waals surface area (Å²) in [6.07, 6.45) is 0. The van der Waals surface area contributed by atoms with Crippen molar-refractivity contribution in [1.29, 1.82) is 0 Å². The summed E-state index contributed by atoms with van der Waals surface area (Å²) < 4.78 is 12.3. The Morgan fingerprint density at radius 3 is 2.56 bits per heavy atom. The molecule has 0 spiro atoms. The van der Waals surface area contributed by atoms with E-state index in [1.165, 1.54) is 11.8 Å². The molecule has 1 aromatic heterocycles. The topological polar surface area (TPSA) is 77.2 Å². The molecule has 3 aromatic rings. The summed E-state index contributed by atoms with van der Waals surface area (Å²) in [4.78, 5) is 12.0. The molecule has 0 bridgehead atoms. The number of thioether (sulfide) groups is 1. The first kappa shape index (κ1) is 19.7. The Balaban J connectivity index is 1.47. The van der Waals surface area contributed by atoms with Crippen LogP contribution in [0, 0.1) is 17.4 Å². The average Bonchev–Trinajstić information content (AvgIpc) is 3.07. The molecule has 6 nitrogen and oxygen atoms in total. The Morgan fingerprint density at radius 2 is 1.85 bits per heavy atom. The fourth-order valence-electron chi connectivity index (χ4n) is 2.37. The fourth-order valence-corrected chi connectivity index (χ4v) is 3.31. The number of nitrogens with zero attached hydrogens (tertiary/aromatic N) is 2. The number of halogens is 1. The first-order valence-corrected chi connectivity index (χ1v) is 10.3. The molecule has 2 aromatic carbocycles. The number of nitrogens with one attached hydrogen (secondary N) is 1. The number of carbonyl (C=O) groups is 1. The highest BCUT2D eigenvalue weighted by atomic mass is 127. The van der Waals surface area contributed by atoms with Crippen molar-refractivity contribution >= 4 is 45.9 Å². The van der Waals surface area contributed by atoms with Gasteiger partial charge in [0.05, 0.1) is 5.75 Å². The van der Waals surface area contributed by atoms with Crippen LogP contribution in [0.3, 0.4) is 0 Å². The molecule has 0 saturated carbocycles. The van der Waals surface area contributed by atoms with Crippen LogP contribution in [0.25, 0.3) is 0 Å². The summed E-state index contributed by atoms with van der Waals surface area (Å²) in [5, 5.41) is 11.1. The van der Waals surface area contributed by atoms with E-state index in [0.717, 1.165) is 26.1 Å². The van der Waals surface area contributed by atoms with Crippen molar-refractivity contribution in [3.05, 3.63) is 63.1 Å². The highest BCUT2D eigenvalue weighted by Gasteiger charge is 2.11. The van der Waals surface area contributed by atoms with Crippen LogP contribution in [0.1, 0.15) is 17.0 Å². The molecule has 0 aliphatic heterocycles. The smallest absolute Gasteiger partial charge is 0.277 e. The molecular weight excluding hydrogens is 477 g/mol. The first-order valence-electron chi connectivity index (χ1n) is 8.19. The lowest BCUT2D eigenvalue weighted by molar-refractivity contribution is -0.113. The zero-order chi connectivity index (χ0) is 19.2. The van der Waals surface area contributed by atoms with Crippen LogP contribution in [0.2, 0.25) is 0 Å². The van der Waals surface area contributed by atoms with Crippen LogP contribution in [0.4, 0.5) is 5.69 Å². The van der Waals surface area contributed by atoms with Crippen molar-refractivity contribution in [2.24, 2.45) is 0 Å². The van der Waals surface area contributed by atoms with Gasteiger partial charge >= 0.3 is 0 Å². The molecule has 0 fully saturated rings. The number of aryl methyl sites for hydroxylation is 2. The third-order valence-electron chi connectivity index (χ3n) is 3.46. The normalized spacial score (nSPS) is 10.6. The van der Waals surface area contributed by atoms with Crippen LogP contribution < -0.4 is 10.1 Å². The minimum Gasteiger partial charge on any atom is -0.484 e. The largest absolute Gasteiger partial charge is 0.484 e. The molecule has 0 aliphatic rings. The average molecular weight is 495 g/mol. The van der Waals surface area contributed by atoms with Gasteiger partial charge < -0.3 is 14.5 Å². The van der Waals surface area contributed by atoms with Gasteiger partial charge in [-0.05, 0) is 84.0 Å². The van der Waals surface area contributed by atoms with E-state index in [4.69, 9.17) is 9.15 Å². The van der Waals surface area contributed by atoms with E-state index in [2.05, 4.69) is 44.2 Å². The molecule has 140 valence electrons.